The topological polar surface area (TPSA) is 37.4 Å². The third kappa shape index (κ3) is 4.07. The van der Waals surface area contributed by atoms with Crippen LogP contribution in [0.15, 0.2) is 24.3 Å². The maximum absolute atomic E-state index is 13.0. The van der Waals surface area contributed by atoms with E-state index in [0.29, 0.717) is 23.3 Å². The van der Waals surface area contributed by atoms with Crippen LogP contribution in [0, 0.1) is 11.7 Å². The van der Waals surface area contributed by atoms with Gasteiger partial charge in [0.15, 0.2) is 9.84 Å². The van der Waals surface area contributed by atoms with Crippen LogP contribution >= 0.6 is 0 Å². The highest BCUT2D eigenvalue weighted by atomic mass is 32.2. The first-order valence-electron chi connectivity index (χ1n) is 8.20. The Hall–Kier alpha value is -0.940. The Morgan fingerprint density at radius 1 is 1.09 bits per heavy atom. The molecule has 5 heteroatoms. The summed E-state index contributed by atoms with van der Waals surface area (Å²) in [6.07, 6.45) is 4.15. The normalized spacial score (nSPS) is 29.3. The van der Waals surface area contributed by atoms with Gasteiger partial charge in [-0.05, 0) is 68.3 Å². The molecule has 122 valence electrons. The predicted octanol–water partition coefficient (Wildman–Crippen LogP) is 2.83. The summed E-state index contributed by atoms with van der Waals surface area (Å²) in [6, 6.07) is 6.89. The Balaban J connectivity index is 1.55. The molecule has 2 aliphatic heterocycles. The van der Waals surface area contributed by atoms with Gasteiger partial charge in [-0.25, -0.2) is 12.8 Å². The number of halogens is 1. The summed E-state index contributed by atoms with van der Waals surface area (Å²) in [5.41, 5.74) is 1.23. The van der Waals surface area contributed by atoms with Gasteiger partial charge in [0.25, 0.3) is 0 Å². The lowest BCUT2D eigenvalue weighted by atomic mass is 9.92. The lowest BCUT2D eigenvalue weighted by molar-refractivity contribution is 0.247. The Kier molecular flexibility index (Phi) is 4.83. The number of nitrogens with zero attached hydrogens (tertiary/aromatic N) is 1. The molecule has 3 rings (SSSR count). The Morgan fingerprint density at radius 2 is 1.86 bits per heavy atom. The van der Waals surface area contributed by atoms with Crippen molar-refractivity contribution in [3.05, 3.63) is 35.6 Å². The molecule has 22 heavy (non-hydrogen) atoms. The van der Waals surface area contributed by atoms with Gasteiger partial charge in [-0.2, -0.15) is 0 Å². The van der Waals surface area contributed by atoms with Crippen LogP contribution in [0.2, 0.25) is 0 Å². The van der Waals surface area contributed by atoms with Crippen molar-refractivity contribution in [3.63, 3.8) is 0 Å². The van der Waals surface area contributed by atoms with Crippen LogP contribution in [-0.2, 0) is 9.84 Å². The van der Waals surface area contributed by atoms with Gasteiger partial charge in [0.05, 0.1) is 11.5 Å². The van der Waals surface area contributed by atoms with Gasteiger partial charge in [0.2, 0.25) is 0 Å². The minimum absolute atomic E-state index is 0.179. The molecule has 0 N–H and O–H groups in total. The van der Waals surface area contributed by atoms with Gasteiger partial charge < -0.3 is 4.90 Å². The number of hydrogen-bond donors (Lipinski definition) is 0. The lowest BCUT2D eigenvalue weighted by Crippen LogP contribution is -2.31. The summed E-state index contributed by atoms with van der Waals surface area (Å²) in [4.78, 5) is 2.43. The molecule has 0 aliphatic carbocycles. The highest BCUT2D eigenvalue weighted by Crippen LogP contribution is 2.29. The fourth-order valence-electron chi connectivity index (χ4n) is 3.79. The Labute approximate surface area is 132 Å². The van der Waals surface area contributed by atoms with Crippen LogP contribution in [0.5, 0.6) is 0 Å². The van der Waals surface area contributed by atoms with E-state index in [1.807, 2.05) is 12.1 Å². The molecule has 0 radical (unpaired) electrons. The number of likely N-dealkylation sites (tertiary alicyclic amines) is 1. The SMILES string of the molecule is O=S1(=O)CC[C@@H](CN2CCC[C@@H](c3ccc(F)cc3)CC2)C1. The summed E-state index contributed by atoms with van der Waals surface area (Å²) in [7, 11) is -2.78. The van der Waals surface area contributed by atoms with E-state index in [0.717, 1.165) is 45.3 Å². The Morgan fingerprint density at radius 3 is 2.55 bits per heavy atom. The van der Waals surface area contributed by atoms with E-state index in [1.54, 1.807) is 12.1 Å². The van der Waals surface area contributed by atoms with Crippen LogP contribution in [-0.4, -0.2) is 44.5 Å². The van der Waals surface area contributed by atoms with Crippen LogP contribution < -0.4 is 0 Å². The second-order valence-electron chi connectivity index (χ2n) is 6.75. The molecule has 1 aromatic rings. The minimum Gasteiger partial charge on any atom is -0.303 e. The molecular formula is C17H24FNO2S. The summed E-state index contributed by atoms with van der Waals surface area (Å²) in [6.45, 7) is 2.97. The lowest BCUT2D eigenvalue weighted by Gasteiger charge is -2.23. The van der Waals surface area contributed by atoms with E-state index in [2.05, 4.69) is 4.90 Å². The molecule has 2 heterocycles. The highest BCUT2D eigenvalue weighted by Gasteiger charge is 2.30. The molecule has 2 aliphatic rings. The summed E-state index contributed by atoms with van der Waals surface area (Å²) >= 11 is 0. The van der Waals surface area contributed by atoms with E-state index < -0.39 is 9.84 Å². The predicted molar refractivity (Wildman–Crippen MR) is 86.2 cm³/mol. The van der Waals surface area contributed by atoms with Gasteiger partial charge in [0.1, 0.15) is 5.82 Å². The summed E-state index contributed by atoms with van der Waals surface area (Å²) < 4.78 is 36.2. The maximum atomic E-state index is 13.0. The molecule has 0 bridgehead atoms. The van der Waals surface area contributed by atoms with Crippen molar-refractivity contribution in [2.45, 2.75) is 31.6 Å². The molecule has 0 aromatic heterocycles. The number of rotatable bonds is 3. The van der Waals surface area contributed by atoms with E-state index in [4.69, 9.17) is 0 Å². The van der Waals surface area contributed by atoms with Gasteiger partial charge in [-0.1, -0.05) is 12.1 Å². The average molecular weight is 325 g/mol. The molecule has 0 spiro atoms. The van der Waals surface area contributed by atoms with Gasteiger partial charge >= 0.3 is 0 Å². The molecule has 0 amide bonds. The van der Waals surface area contributed by atoms with E-state index in [9.17, 15) is 12.8 Å². The third-order valence-corrected chi connectivity index (χ3v) is 6.84. The van der Waals surface area contributed by atoms with Crippen LogP contribution in [0.4, 0.5) is 4.39 Å². The molecule has 3 nitrogen and oxygen atoms in total. The zero-order chi connectivity index (χ0) is 15.6. The Bertz CT molecular complexity index is 600. The van der Waals surface area contributed by atoms with Crippen molar-refractivity contribution in [1.29, 1.82) is 0 Å². The third-order valence-electron chi connectivity index (χ3n) is 5.01. The largest absolute Gasteiger partial charge is 0.303 e. The smallest absolute Gasteiger partial charge is 0.150 e. The van der Waals surface area contributed by atoms with Crippen molar-refractivity contribution in [1.82, 2.24) is 4.90 Å². The van der Waals surface area contributed by atoms with E-state index in [1.165, 1.54) is 5.56 Å². The van der Waals surface area contributed by atoms with Crippen LogP contribution in [0.25, 0.3) is 0 Å². The minimum atomic E-state index is -2.78. The average Bonchev–Trinajstić information content (AvgIpc) is 2.69. The zero-order valence-electron chi connectivity index (χ0n) is 12.9. The molecular weight excluding hydrogens is 301 g/mol. The monoisotopic (exact) mass is 325 g/mol. The quantitative estimate of drug-likeness (QED) is 0.857. The second-order valence-corrected chi connectivity index (χ2v) is 8.98. The van der Waals surface area contributed by atoms with Gasteiger partial charge in [-0.15, -0.1) is 0 Å². The molecule has 2 saturated heterocycles. The fourth-order valence-corrected chi connectivity index (χ4v) is 5.64. The summed E-state index contributed by atoms with van der Waals surface area (Å²) in [5, 5.41) is 0. The van der Waals surface area contributed by atoms with Crippen molar-refractivity contribution < 1.29 is 12.8 Å². The maximum Gasteiger partial charge on any atom is 0.150 e. The van der Waals surface area contributed by atoms with Crippen molar-refractivity contribution in [3.8, 4) is 0 Å². The van der Waals surface area contributed by atoms with E-state index >= 15 is 0 Å². The first-order chi connectivity index (χ1) is 10.5. The van der Waals surface area contributed by atoms with E-state index in [-0.39, 0.29) is 5.82 Å². The molecule has 2 atom stereocenters. The van der Waals surface area contributed by atoms with Crippen molar-refractivity contribution in [2.24, 2.45) is 5.92 Å². The van der Waals surface area contributed by atoms with Crippen molar-refractivity contribution >= 4 is 9.84 Å². The first-order valence-corrected chi connectivity index (χ1v) is 10.0. The zero-order valence-corrected chi connectivity index (χ0v) is 13.7. The van der Waals surface area contributed by atoms with Gasteiger partial charge in [-0.3, -0.25) is 0 Å². The van der Waals surface area contributed by atoms with Crippen molar-refractivity contribution in [2.75, 3.05) is 31.1 Å². The van der Waals surface area contributed by atoms with Gasteiger partial charge in [0, 0.05) is 6.54 Å². The standard InChI is InChI=1S/C17H24FNO2S/c18-17-5-3-16(4-6-17)15-2-1-9-19(10-7-15)12-14-8-11-22(20,21)13-14/h3-6,14-15H,1-2,7-13H2/t14-,15+/m0/s1. The highest BCUT2D eigenvalue weighted by molar-refractivity contribution is 7.91. The first kappa shape index (κ1) is 15.9. The molecule has 1 aromatic carbocycles. The summed E-state index contributed by atoms with van der Waals surface area (Å²) in [5.74, 6) is 1.36. The number of hydrogen-bond acceptors (Lipinski definition) is 3. The van der Waals surface area contributed by atoms with Crippen LogP contribution in [0.3, 0.4) is 0 Å². The number of sulfone groups is 1. The number of benzene rings is 1. The van der Waals surface area contributed by atoms with Crippen LogP contribution in [0.1, 0.15) is 37.2 Å². The molecule has 2 fully saturated rings. The molecule has 0 saturated carbocycles. The fraction of sp³-hybridized carbons (Fsp3) is 0.647. The molecule has 0 unspecified atom stereocenters. The second kappa shape index (κ2) is 6.67.